The van der Waals surface area contributed by atoms with Crippen molar-refractivity contribution >= 4 is 17.6 Å². The lowest BCUT2D eigenvalue weighted by atomic mass is 10.2. The second kappa shape index (κ2) is 5.05. The highest BCUT2D eigenvalue weighted by molar-refractivity contribution is 5.88. The summed E-state index contributed by atoms with van der Waals surface area (Å²) < 4.78 is 1.71. The van der Waals surface area contributed by atoms with Crippen molar-refractivity contribution in [1.82, 2.24) is 19.7 Å². The van der Waals surface area contributed by atoms with Gasteiger partial charge in [-0.25, -0.2) is 14.8 Å². The molecule has 0 unspecified atom stereocenters. The van der Waals surface area contributed by atoms with Gasteiger partial charge in [0, 0.05) is 19.4 Å². The molecule has 0 saturated heterocycles. The molecule has 2 N–H and O–H groups in total. The molecule has 0 radical (unpaired) electrons. The van der Waals surface area contributed by atoms with Crippen molar-refractivity contribution in [2.75, 3.05) is 5.32 Å². The normalized spacial score (nSPS) is 10.5. The summed E-state index contributed by atoms with van der Waals surface area (Å²) in [6.07, 6.45) is 3.92. The molecule has 7 heteroatoms. The van der Waals surface area contributed by atoms with Crippen LogP contribution < -0.4 is 5.32 Å². The van der Waals surface area contributed by atoms with Crippen molar-refractivity contribution in [3.8, 4) is 0 Å². The van der Waals surface area contributed by atoms with E-state index < -0.39 is 5.97 Å². The first-order chi connectivity index (χ1) is 9.01. The number of aryl methyl sites for hydroxylation is 3. The monoisotopic (exact) mass is 261 g/mol. The van der Waals surface area contributed by atoms with Gasteiger partial charge in [0.25, 0.3) is 0 Å². The van der Waals surface area contributed by atoms with Crippen LogP contribution in [-0.2, 0) is 13.5 Å². The number of aromatic carboxylic acids is 1. The van der Waals surface area contributed by atoms with Gasteiger partial charge in [-0.05, 0) is 13.3 Å². The van der Waals surface area contributed by atoms with Crippen molar-refractivity contribution in [3.05, 3.63) is 29.3 Å². The molecule has 0 spiro atoms. The third-order valence-electron chi connectivity index (χ3n) is 2.70. The van der Waals surface area contributed by atoms with E-state index in [0.29, 0.717) is 11.6 Å². The predicted molar refractivity (Wildman–Crippen MR) is 69.6 cm³/mol. The molecule has 0 atom stereocenters. The van der Waals surface area contributed by atoms with Crippen molar-refractivity contribution in [2.45, 2.75) is 20.3 Å². The van der Waals surface area contributed by atoms with Crippen molar-refractivity contribution in [1.29, 1.82) is 0 Å². The summed E-state index contributed by atoms with van der Waals surface area (Å²) in [5.74, 6) is -0.662. The Morgan fingerprint density at radius 2 is 2.26 bits per heavy atom. The highest BCUT2D eigenvalue weighted by atomic mass is 16.4. The quantitative estimate of drug-likeness (QED) is 0.866. The van der Waals surface area contributed by atoms with E-state index in [1.807, 2.05) is 20.2 Å². The Kier molecular flexibility index (Phi) is 3.46. The number of rotatable bonds is 4. The fourth-order valence-electron chi connectivity index (χ4n) is 1.76. The first-order valence-corrected chi connectivity index (χ1v) is 5.87. The second-order valence-corrected chi connectivity index (χ2v) is 4.14. The molecule has 2 aromatic heterocycles. The Morgan fingerprint density at radius 3 is 2.84 bits per heavy atom. The van der Waals surface area contributed by atoms with Gasteiger partial charge >= 0.3 is 5.97 Å². The Labute approximate surface area is 110 Å². The van der Waals surface area contributed by atoms with Crippen LogP contribution in [0.3, 0.4) is 0 Å². The molecule has 0 saturated carbocycles. The number of hydrogen-bond donors (Lipinski definition) is 2. The summed E-state index contributed by atoms with van der Waals surface area (Å²) in [4.78, 5) is 19.0. The van der Waals surface area contributed by atoms with Gasteiger partial charge < -0.3 is 10.4 Å². The molecule has 7 nitrogen and oxygen atoms in total. The number of nitrogens with one attached hydrogen (secondary N) is 1. The molecule has 100 valence electrons. The molecule has 2 heterocycles. The third-order valence-corrected chi connectivity index (χ3v) is 2.70. The van der Waals surface area contributed by atoms with E-state index in [0.717, 1.165) is 17.8 Å². The minimum absolute atomic E-state index is 0.104. The van der Waals surface area contributed by atoms with Crippen LogP contribution in [-0.4, -0.2) is 30.8 Å². The van der Waals surface area contributed by atoms with Crippen LogP contribution in [0, 0.1) is 6.92 Å². The zero-order valence-electron chi connectivity index (χ0n) is 11.0. The zero-order chi connectivity index (χ0) is 14.0. The molecule has 0 aliphatic carbocycles. The van der Waals surface area contributed by atoms with Gasteiger partial charge in [0.1, 0.15) is 0 Å². The molecule has 0 bridgehead atoms. The molecule has 2 aromatic rings. The first kappa shape index (κ1) is 13.0. The van der Waals surface area contributed by atoms with Gasteiger partial charge in [0.05, 0.1) is 22.6 Å². The third kappa shape index (κ3) is 2.70. The number of hydrogen-bond acceptors (Lipinski definition) is 5. The Morgan fingerprint density at radius 1 is 1.53 bits per heavy atom. The van der Waals surface area contributed by atoms with Crippen LogP contribution in [0.5, 0.6) is 0 Å². The van der Waals surface area contributed by atoms with E-state index >= 15 is 0 Å². The number of carboxylic acid groups (broad SMARTS) is 1. The van der Waals surface area contributed by atoms with Crippen LogP contribution in [0.4, 0.5) is 11.6 Å². The highest BCUT2D eigenvalue weighted by Crippen LogP contribution is 2.18. The van der Waals surface area contributed by atoms with Gasteiger partial charge in [0.15, 0.2) is 0 Å². The second-order valence-electron chi connectivity index (χ2n) is 4.14. The number of carboxylic acids is 1. The van der Waals surface area contributed by atoms with Crippen LogP contribution in [0.2, 0.25) is 0 Å². The molecule has 19 heavy (non-hydrogen) atoms. The standard InChI is InChI=1S/C12H15N5O2/c1-4-9-10(6-17(3)16-9)15-12-13-5-8(11(18)19)7(2)14-12/h5-6H,4H2,1-3H3,(H,18,19)(H,13,14,15). The fraction of sp³-hybridized carbons (Fsp3) is 0.333. The highest BCUT2D eigenvalue weighted by Gasteiger charge is 2.12. The van der Waals surface area contributed by atoms with Crippen LogP contribution in [0.1, 0.15) is 28.7 Å². The van der Waals surface area contributed by atoms with Crippen molar-refractivity contribution < 1.29 is 9.90 Å². The summed E-state index contributed by atoms with van der Waals surface area (Å²) in [7, 11) is 1.84. The molecule has 0 fully saturated rings. The first-order valence-electron chi connectivity index (χ1n) is 5.87. The maximum atomic E-state index is 10.9. The summed E-state index contributed by atoms with van der Waals surface area (Å²) in [5, 5.41) is 16.3. The maximum Gasteiger partial charge on any atom is 0.339 e. The van der Waals surface area contributed by atoms with Crippen molar-refractivity contribution in [3.63, 3.8) is 0 Å². The average molecular weight is 261 g/mol. The molecule has 2 rings (SSSR count). The molecular weight excluding hydrogens is 246 g/mol. The Bertz CT molecular complexity index is 621. The van der Waals surface area contributed by atoms with Gasteiger partial charge in [-0.2, -0.15) is 5.10 Å². The minimum atomic E-state index is -1.03. The number of carbonyl (C=O) groups is 1. The van der Waals surface area contributed by atoms with Gasteiger partial charge in [-0.1, -0.05) is 6.92 Å². The van der Waals surface area contributed by atoms with Gasteiger partial charge in [0.2, 0.25) is 5.95 Å². The molecular formula is C12H15N5O2. The maximum absolute atomic E-state index is 10.9. The SMILES string of the molecule is CCc1nn(C)cc1Nc1ncc(C(=O)O)c(C)n1. The predicted octanol–water partition coefficient (Wildman–Crippen LogP) is 1.52. The van der Waals surface area contributed by atoms with Crippen molar-refractivity contribution in [2.24, 2.45) is 7.05 Å². The topological polar surface area (TPSA) is 92.9 Å². The smallest absolute Gasteiger partial charge is 0.339 e. The van der Waals surface area contributed by atoms with Crippen LogP contribution >= 0.6 is 0 Å². The van der Waals surface area contributed by atoms with E-state index in [1.165, 1.54) is 6.20 Å². The zero-order valence-corrected chi connectivity index (χ0v) is 11.0. The lowest BCUT2D eigenvalue weighted by Crippen LogP contribution is -2.06. The molecule has 0 aliphatic rings. The summed E-state index contributed by atoms with van der Waals surface area (Å²) in [6.45, 7) is 3.65. The minimum Gasteiger partial charge on any atom is -0.478 e. The van der Waals surface area contributed by atoms with Gasteiger partial charge in [-0.15, -0.1) is 0 Å². The summed E-state index contributed by atoms with van der Waals surface area (Å²) in [5.41, 5.74) is 2.26. The summed E-state index contributed by atoms with van der Waals surface area (Å²) >= 11 is 0. The molecule has 0 aromatic carbocycles. The fourth-order valence-corrected chi connectivity index (χ4v) is 1.76. The lowest BCUT2D eigenvalue weighted by Gasteiger charge is -2.05. The van der Waals surface area contributed by atoms with E-state index in [2.05, 4.69) is 20.4 Å². The molecule has 0 amide bonds. The number of anilines is 2. The summed E-state index contributed by atoms with van der Waals surface area (Å²) in [6, 6.07) is 0. The van der Waals surface area contributed by atoms with Gasteiger partial charge in [-0.3, -0.25) is 4.68 Å². The number of aromatic nitrogens is 4. The molecule has 0 aliphatic heterocycles. The number of nitrogens with zero attached hydrogens (tertiary/aromatic N) is 4. The van der Waals surface area contributed by atoms with E-state index in [1.54, 1.807) is 11.6 Å². The van der Waals surface area contributed by atoms with Crippen LogP contribution in [0.15, 0.2) is 12.4 Å². The van der Waals surface area contributed by atoms with E-state index in [4.69, 9.17) is 5.11 Å². The average Bonchev–Trinajstić information content (AvgIpc) is 2.69. The van der Waals surface area contributed by atoms with E-state index in [9.17, 15) is 4.79 Å². The lowest BCUT2D eigenvalue weighted by molar-refractivity contribution is 0.0695. The largest absolute Gasteiger partial charge is 0.478 e. The Hall–Kier alpha value is -2.44. The van der Waals surface area contributed by atoms with E-state index in [-0.39, 0.29) is 5.56 Å². The van der Waals surface area contributed by atoms with Crippen LogP contribution in [0.25, 0.3) is 0 Å². The Balaban J connectivity index is 2.28.